The van der Waals surface area contributed by atoms with Crippen molar-refractivity contribution >= 4 is 34.4 Å². The Bertz CT molecular complexity index is 1390. The van der Waals surface area contributed by atoms with Gasteiger partial charge in [0.25, 0.3) is 0 Å². The summed E-state index contributed by atoms with van der Waals surface area (Å²) in [5.74, 6) is 1.90. The summed E-state index contributed by atoms with van der Waals surface area (Å²) < 4.78 is 2.02. The average Bonchev–Trinajstić information content (AvgIpc) is 3.45. The molecule has 0 unspecified atom stereocenters. The Balaban J connectivity index is 1.32. The number of fused-ring (bicyclic) bond motifs is 1. The highest BCUT2D eigenvalue weighted by Crippen LogP contribution is 2.23. The number of para-hydroxylation sites is 3. The van der Waals surface area contributed by atoms with Gasteiger partial charge in [-0.05, 0) is 48.9 Å². The minimum Gasteiger partial charge on any atom is -0.342 e. The van der Waals surface area contributed by atoms with Gasteiger partial charge in [-0.2, -0.15) is 0 Å². The van der Waals surface area contributed by atoms with Gasteiger partial charge in [0.2, 0.25) is 5.91 Å². The van der Waals surface area contributed by atoms with E-state index < -0.39 is 0 Å². The number of carbonyl (C=O) groups is 1. The van der Waals surface area contributed by atoms with Crippen molar-refractivity contribution in [1.82, 2.24) is 24.7 Å². The number of aromatic amines is 1. The van der Waals surface area contributed by atoms with Gasteiger partial charge in [0.1, 0.15) is 11.6 Å². The van der Waals surface area contributed by atoms with Gasteiger partial charge in [0.15, 0.2) is 5.16 Å². The Hall–Kier alpha value is -3.91. The average molecular weight is 469 g/mol. The van der Waals surface area contributed by atoms with Gasteiger partial charge in [-0.25, -0.2) is 4.98 Å². The van der Waals surface area contributed by atoms with Crippen molar-refractivity contribution in [2.24, 2.45) is 0 Å². The molecule has 2 N–H and O–H groups in total. The van der Waals surface area contributed by atoms with Crippen molar-refractivity contribution in [2.45, 2.75) is 24.9 Å². The predicted octanol–water partition coefficient (Wildman–Crippen LogP) is 4.97. The molecule has 5 aromatic rings. The molecule has 34 heavy (non-hydrogen) atoms. The molecule has 3 aromatic carbocycles. The van der Waals surface area contributed by atoms with Crippen LogP contribution < -0.4 is 5.32 Å². The SMILES string of the molecule is Cc1cccc(NC(=O)CSc2nnc(CCc3nc4ccccc4[nH]3)n2-c2ccccc2)c1. The molecule has 0 atom stereocenters. The molecule has 0 spiro atoms. The Morgan fingerprint density at radius 3 is 2.62 bits per heavy atom. The molecule has 2 heterocycles. The van der Waals surface area contributed by atoms with E-state index in [-0.39, 0.29) is 11.7 Å². The van der Waals surface area contributed by atoms with Crippen LogP contribution in [0.25, 0.3) is 16.7 Å². The maximum absolute atomic E-state index is 12.5. The second-order valence-electron chi connectivity index (χ2n) is 7.98. The number of hydrogen-bond acceptors (Lipinski definition) is 5. The number of nitrogens with one attached hydrogen (secondary N) is 2. The normalized spacial score (nSPS) is 11.1. The largest absolute Gasteiger partial charge is 0.342 e. The van der Waals surface area contributed by atoms with E-state index in [2.05, 4.69) is 25.5 Å². The van der Waals surface area contributed by atoms with Crippen molar-refractivity contribution in [1.29, 1.82) is 0 Å². The van der Waals surface area contributed by atoms with Crippen molar-refractivity contribution in [3.05, 3.63) is 96.1 Å². The number of imidazole rings is 1. The lowest BCUT2D eigenvalue weighted by Crippen LogP contribution is -2.14. The van der Waals surface area contributed by atoms with Crippen LogP contribution in [-0.4, -0.2) is 36.4 Å². The third kappa shape index (κ3) is 5.02. The van der Waals surface area contributed by atoms with Gasteiger partial charge in [-0.1, -0.05) is 54.2 Å². The number of anilines is 1. The molecule has 0 aliphatic heterocycles. The van der Waals surface area contributed by atoms with E-state index in [0.717, 1.165) is 39.6 Å². The van der Waals surface area contributed by atoms with Crippen molar-refractivity contribution in [2.75, 3.05) is 11.1 Å². The molecular weight excluding hydrogens is 444 g/mol. The Labute approximate surface area is 201 Å². The molecule has 170 valence electrons. The monoisotopic (exact) mass is 468 g/mol. The second kappa shape index (κ2) is 9.93. The van der Waals surface area contributed by atoms with Gasteiger partial charge < -0.3 is 10.3 Å². The zero-order chi connectivity index (χ0) is 23.3. The van der Waals surface area contributed by atoms with Crippen LogP contribution in [0.1, 0.15) is 17.2 Å². The van der Waals surface area contributed by atoms with Crippen LogP contribution in [0.2, 0.25) is 0 Å². The van der Waals surface area contributed by atoms with Crippen LogP contribution >= 0.6 is 11.8 Å². The summed E-state index contributed by atoms with van der Waals surface area (Å²) in [6, 6.07) is 25.7. The van der Waals surface area contributed by atoms with Gasteiger partial charge in [-0.15, -0.1) is 10.2 Å². The molecule has 0 saturated carbocycles. The standard InChI is InChI=1S/C26H24N6OS/c1-18-8-7-9-19(16-18)27-25(33)17-34-26-31-30-24(32(26)20-10-3-2-4-11-20)15-14-23-28-21-12-5-6-13-22(21)29-23/h2-13,16H,14-15,17H2,1H3,(H,27,33)(H,28,29). The van der Waals surface area contributed by atoms with Crippen LogP contribution in [0, 0.1) is 6.92 Å². The number of carbonyl (C=O) groups excluding carboxylic acids is 1. The third-order valence-electron chi connectivity index (χ3n) is 5.37. The van der Waals surface area contributed by atoms with E-state index in [0.29, 0.717) is 18.0 Å². The fraction of sp³-hybridized carbons (Fsp3) is 0.154. The number of aryl methyl sites for hydroxylation is 3. The summed E-state index contributed by atoms with van der Waals surface area (Å²) in [6.07, 6.45) is 1.37. The van der Waals surface area contributed by atoms with E-state index >= 15 is 0 Å². The van der Waals surface area contributed by atoms with Gasteiger partial charge in [-0.3, -0.25) is 9.36 Å². The molecule has 0 fully saturated rings. The van der Waals surface area contributed by atoms with Gasteiger partial charge >= 0.3 is 0 Å². The zero-order valence-electron chi connectivity index (χ0n) is 18.7. The molecule has 0 saturated heterocycles. The van der Waals surface area contributed by atoms with Crippen LogP contribution in [0.3, 0.4) is 0 Å². The number of rotatable bonds is 8. The Kier molecular flexibility index (Phi) is 6.40. The molecule has 0 aliphatic carbocycles. The summed E-state index contributed by atoms with van der Waals surface area (Å²) >= 11 is 1.37. The topological polar surface area (TPSA) is 88.5 Å². The van der Waals surface area contributed by atoms with E-state index in [4.69, 9.17) is 0 Å². The van der Waals surface area contributed by atoms with Crippen LogP contribution in [-0.2, 0) is 17.6 Å². The molecule has 8 heteroatoms. The first-order valence-electron chi connectivity index (χ1n) is 11.1. The molecule has 0 aliphatic rings. The first-order chi connectivity index (χ1) is 16.7. The van der Waals surface area contributed by atoms with E-state index in [1.165, 1.54) is 11.8 Å². The van der Waals surface area contributed by atoms with E-state index in [1.54, 1.807) is 0 Å². The molecule has 0 radical (unpaired) electrons. The quantitative estimate of drug-likeness (QED) is 0.314. The second-order valence-corrected chi connectivity index (χ2v) is 8.92. The number of amides is 1. The lowest BCUT2D eigenvalue weighted by Gasteiger charge is -2.10. The number of nitrogens with zero attached hydrogens (tertiary/aromatic N) is 4. The number of aromatic nitrogens is 5. The summed E-state index contributed by atoms with van der Waals surface area (Å²) in [6.45, 7) is 2.00. The maximum Gasteiger partial charge on any atom is 0.234 e. The van der Waals surface area contributed by atoms with Crippen LogP contribution in [0.15, 0.2) is 84.0 Å². The maximum atomic E-state index is 12.5. The zero-order valence-corrected chi connectivity index (χ0v) is 19.5. The number of thioether (sulfide) groups is 1. The highest BCUT2D eigenvalue weighted by Gasteiger charge is 2.16. The van der Waals surface area contributed by atoms with Crippen molar-refractivity contribution in [3.63, 3.8) is 0 Å². The minimum absolute atomic E-state index is 0.0814. The van der Waals surface area contributed by atoms with E-state index in [1.807, 2.05) is 90.4 Å². The van der Waals surface area contributed by atoms with Crippen LogP contribution in [0.5, 0.6) is 0 Å². The molecule has 5 rings (SSSR count). The molecule has 7 nitrogen and oxygen atoms in total. The number of benzene rings is 3. The first-order valence-corrected chi connectivity index (χ1v) is 12.1. The third-order valence-corrected chi connectivity index (χ3v) is 6.30. The fourth-order valence-electron chi connectivity index (χ4n) is 3.80. The van der Waals surface area contributed by atoms with Gasteiger partial charge in [0.05, 0.1) is 16.8 Å². The van der Waals surface area contributed by atoms with Crippen molar-refractivity contribution in [3.8, 4) is 5.69 Å². The predicted molar refractivity (Wildman–Crippen MR) is 135 cm³/mol. The summed E-state index contributed by atoms with van der Waals surface area (Å²) in [5.41, 5.74) is 4.84. The lowest BCUT2D eigenvalue weighted by atomic mass is 10.2. The Morgan fingerprint density at radius 1 is 0.971 bits per heavy atom. The summed E-state index contributed by atoms with van der Waals surface area (Å²) in [7, 11) is 0. The summed E-state index contributed by atoms with van der Waals surface area (Å²) in [4.78, 5) is 20.6. The minimum atomic E-state index is -0.0814. The smallest absolute Gasteiger partial charge is 0.234 e. The molecule has 1 amide bonds. The summed E-state index contributed by atoms with van der Waals surface area (Å²) in [5, 5.41) is 12.5. The Morgan fingerprint density at radius 2 is 1.79 bits per heavy atom. The lowest BCUT2D eigenvalue weighted by molar-refractivity contribution is -0.113. The molecule has 0 bridgehead atoms. The molecular formula is C26H24N6OS. The molecule has 2 aromatic heterocycles. The first kappa shape index (κ1) is 21.9. The van der Waals surface area contributed by atoms with Crippen molar-refractivity contribution < 1.29 is 4.79 Å². The number of H-pyrrole nitrogens is 1. The van der Waals surface area contributed by atoms with E-state index in [9.17, 15) is 4.79 Å². The van der Waals surface area contributed by atoms with Crippen LogP contribution in [0.4, 0.5) is 5.69 Å². The van der Waals surface area contributed by atoms with Gasteiger partial charge in [0, 0.05) is 24.2 Å². The highest BCUT2D eigenvalue weighted by atomic mass is 32.2. The number of hydrogen-bond donors (Lipinski definition) is 2. The highest BCUT2D eigenvalue weighted by molar-refractivity contribution is 7.99. The fourth-order valence-corrected chi connectivity index (χ4v) is 4.57.